The number of carbonyl (C=O) groups excluding carboxylic acids is 2. The summed E-state index contributed by atoms with van der Waals surface area (Å²) in [4.78, 5) is 29.1. The van der Waals surface area contributed by atoms with Gasteiger partial charge in [0.25, 0.3) is 0 Å². The average Bonchev–Trinajstić information content (AvgIpc) is 3.11. The van der Waals surface area contributed by atoms with Crippen LogP contribution in [0, 0.1) is 17.6 Å². The van der Waals surface area contributed by atoms with Crippen LogP contribution >= 0.6 is 0 Å². The lowest BCUT2D eigenvalue weighted by molar-refractivity contribution is -0.132. The van der Waals surface area contributed by atoms with Gasteiger partial charge in [-0.15, -0.1) is 0 Å². The van der Waals surface area contributed by atoms with E-state index in [2.05, 4.69) is 12.2 Å². The number of hydrogen-bond donors (Lipinski definition) is 1. The van der Waals surface area contributed by atoms with Crippen molar-refractivity contribution in [3.05, 3.63) is 53.9 Å². The number of unbranched alkanes of at least 4 members (excludes halogenated alkanes) is 1. The van der Waals surface area contributed by atoms with Crippen molar-refractivity contribution in [1.29, 1.82) is 0 Å². The molecule has 0 saturated carbocycles. The Kier molecular flexibility index (Phi) is 9.03. The molecule has 2 aromatic rings. The van der Waals surface area contributed by atoms with Gasteiger partial charge in [0.2, 0.25) is 5.91 Å². The molecule has 0 atom stereocenters. The molecule has 31 heavy (non-hydrogen) atoms. The first-order chi connectivity index (χ1) is 14.7. The van der Waals surface area contributed by atoms with Gasteiger partial charge in [0.05, 0.1) is 6.54 Å². The summed E-state index contributed by atoms with van der Waals surface area (Å²) in [5.41, 5.74) is 1.14. The summed E-state index contributed by atoms with van der Waals surface area (Å²) in [6, 6.07) is 6.53. The third-order valence-corrected chi connectivity index (χ3v) is 4.91. The highest BCUT2D eigenvalue weighted by Crippen LogP contribution is 2.15. The van der Waals surface area contributed by atoms with Crippen molar-refractivity contribution in [2.75, 3.05) is 25.0 Å². The van der Waals surface area contributed by atoms with Crippen molar-refractivity contribution < 1.29 is 18.4 Å². The molecule has 1 aromatic carbocycles. The fourth-order valence-corrected chi connectivity index (χ4v) is 3.20. The highest BCUT2D eigenvalue weighted by molar-refractivity contribution is 5.92. The molecule has 1 N–H and O–H groups in total. The van der Waals surface area contributed by atoms with Crippen LogP contribution in [-0.4, -0.2) is 45.9 Å². The predicted molar refractivity (Wildman–Crippen MR) is 118 cm³/mol. The Morgan fingerprint density at radius 1 is 1.13 bits per heavy atom. The Morgan fingerprint density at radius 2 is 1.87 bits per heavy atom. The summed E-state index contributed by atoms with van der Waals surface area (Å²) in [5, 5.41) is 2.56. The Bertz CT molecular complexity index is 882. The van der Waals surface area contributed by atoms with Crippen molar-refractivity contribution in [3.8, 4) is 0 Å². The Balaban J connectivity index is 2.13. The molecule has 0 aliphatic rings. The molecule has 8 heteroatoms. The zero-order valence-corrected chi connectivity index (χ0v) is 18.7. The second-order valence-electron chi connectivity index (χ2n) is 8.11. The number of anilines is 1. The first-order valence-electron chi connectivity index (χ1n) is 10.6. The number of aromatic nitrogens is 1. The minimum atomic E-state index is -1.04. The third kappa shape index (κ3) is 7.38. The van der Waals surface area contributed by atoms with E-state index in [1.807, 2.05) is 43.8 Å². The van der Waals surface area contributed by atoms with Crippen LogP contribution < -0.4 is 5.32 Å². The number of urea groups is 1. The Hall–Kier alpha value is -2.90. The second kappa shape index (κ2) is 11.5. The van der Waals surface area contributed by atoms with Gasteiger partial charge in [-0.3, -0.25) is 4.79 Å². The average molecular weight is 435 g/mol. The van der Waals surface area contributed by atoms with Crippen molar-refractivity contribution in [1.82, 2.24) is 14.4 Å². The van der Waals surface area contributed by atoms with E-state index in [4.69, 9.17) is 0 Å². The fourth-order valence-electron chi connectivity index (χ4n) is 3.20. The number of amides is 3. The van der Waals surface area contributed by atoms with Gasteiger partial charge in [-0.1, -0.05) is 27.2 Å². The smallest absolute Gasteiger partial charge is 0.322 e. The number of hydrogen-bond acceptors (Lipinski definition) is 2. The molecular formula is C23H32F2N4O2. The van der Waals surface area contributed by atoms with Crippen LogP contribution in [0.2, 0.25) is 0 Å². The van der Waals surface area contributed by atoms with E-state index in [-0.39, 0.29) is 24.1 Å². The molecular weight excluding hydrogens is 402 g/mol. The van der Waals surface area contributed by atoms with Crippen molar-refractivity contribution in [2.45, 2.75) is 40.2 Å². The van der Waals surface area contributed by atoms with Crippen LogP contribution in [0.25, 0.3) is 0 Å². The molecule has 0 unspecified atom stereocenters. The standard InChI is InChI=1S/C23H32F2N4O2/c1-5-6-12-28(15-19-8-7-11-27(19)4)22(30)16-29(14-17(2)3)23(31)26-18-9-10-20(24)21(25)13-18/h7-11,13,17H,5-6,12,14-16H2,1-4H3,(H,26,31). The Labute approximate surface area is 182 Å². The number of carbonyl (C=O) groups is 2. The largest absolute Gasteiger partial charge is 0.353 e. The minimum Gasteiger partial charge on any atom is -0.353 e. The summed E-state index contributed by atoms with van der Waals surface area (Å²) in [6.45, 7) is 7.27. The Morgan fingerprint density at radius 3 is 2.45 bits per heavy atom. The van der Waals surface area contributed by atoms with E-state index in [1.165, 1.54) is 11.0 Å². The van der Waals surface area contributed by atoms with Gasteiger partial charge in [-0.25, -0.2) is 13.6 Å². The van der Waals surface area contributed by atoms with E-state index < -0.39 is 17.7 Å². The normalized spacial score (nSPS) is 10.9. The maximum atomic E-state index is 13.5. The summed E-state index contributed by atoms with van der Waals surface area (Å²) in [6.07, 6.45) is 3.74. The lowest BCUT2D eigenvalue weighted by atomic mass is 10.2. The summed E-state index contributed by atoms with van der Waals surface area (Å²) in [5.74, 6) is -2.06. The van der Waals surface area contributed by atoms with Crippen LogP contribution in [0.15, 0.2) is 36.5 Å². The van der Waals surface area contributed by atoms with E-state index in [1.54, 1.807) is 4.90 Å². The predicted octanol–water partition coefficient (Wildman–Crippen LogP) is 4.62. The number of benzene rings is 1. The van der Waals surface area contributed by atoms with E-state index in [0.717, 1.165) is 30.7 Å². The van der Waals surface area contributed by atoms with Gasteiger partial charge in [0.15, 0.2) is 11.6 Å². The molecule has 2 rings (SSSR count). The van der Waals surface area contributed by atoms with E-state index in [0.29, 0.717) is 19.6 Å². The topological polar surface area (TPSA) is 57.6 Å². The molecule has 6 nitrogen and oxygen atoms in total. The van der Waals surface area contributed by atoms with Crippen LogP contribution in [0.1, 0.15) is 39.3 Å². The van der Waals surface area contributed by atoms with Crippen LogP contribution in [0.5, 0.6) is 0 Å². The van der Waals surface area contributed by atoms with Crippen molar-refractivity contribution in [2.24, 2.45) is 13.0 Å². The zero-order valence-electron chi connectivity index (χ0n) is 18.7. The molecule has 0 fully saturated rings. The lowest BCUT2D eigenvalue weighted by Crippen LogP contribution is -2.46. The van der Waals surface area contributed by atoms with Gasteiger partial charge >= 0.3 is 6.03 Å². The van der Waals surface area contributed by atoms with Gasteiger partial charge in [0, 0.05) is 43.8 Å². The molecule has 3 amide bonds. The zero-order chi connectivity index (χ0) is 23.0. The molecule has 0 aliphatic heterocycles. The molecule has 1 aromatic heterocycles. The number of aryl methyl sites for hydroxylation is 1. The number of halogens is 2. The fraction of sp³-hybridized carbons (Fsp3) is 0.478. The summed E-state index contributed by atoms with van der Waals surface area (Å²) >= 11 is 0. The SMILES string of the molecule is CCCCN(Cc1cccn1C)C(=O)CN(CC(C)C)C(=O)Nc1ccc(F)c(F)c1. The third-order valence-electron chi connectivity index (χ3n) is 4.91. The molecule has 0 spiro atoms. The highest BCUT2D eigenvalue weighted by atomic mass is 19.2. The monoisotopic (exact) mass is 434 g/mol. The van der Waals surface area contributed by atoms with Crippen molar-refractivity contribution >= 4 is 17.6 Å². The summed E-state index contributed by atoms with van der Waals surface area (Å²) < 4.78 is 28.6. The van der Waals surface area contributed by atoms with Gasteiger partial charge in [-0.05, 0) is 36.6 Å². The van der Waals surface area contributed by atoms with Crippen LogP contribution in [0.3, 0.4) is 0 Å². The summed E-state index contributed by atoms with van der Waals surface area (Å²) in [7, 11) is 1.93. The van der Waals surface area contributed by atoms with Gasteiger partial charge < -0.3 is 19.7 Å². The first-order valence-corrected chi connectivity index (χ1v) is 10.6. The molecule has 0 radical (unpaired) electrons. The van der Waals surface area contributed by atoms with Gasteiger partial charge in [-0.2, -0.15) is 0 Å². The number of rotatable bonds is 10. The quantitative estimate of drug-likeness (QED) is 0.593. The van der Waals surface area contributed by atoms with Gasteiger partial charge in [0.1, 0.15) is 6.54 Å². The second-order valence-corrected chi connectivity index (χ2v) is 8.11. The first kappa shape index (κ1) is 24.4. The molecule has 1 heterocycles. The van der Waals surface area contributed by atoms with Crippen LogP contribution in [0.4, 0.5) is 19.3 Å². The lowest BCUT2D eigenvalue weighted by Gasteiger charge is -2.29. The number of nitrogens with zero attached hydrogens (tertiary/aromatic N) is 3. The van der Waals surface area contributed by atoms with Crippen molar-refractivity contribution in [3.63, 3.8) is 0 Å². The maximum Gasteiger partial charge on any atom is 0.322 e. The minimum absolute atomic E-state index is 0.0954. The molecule has 0 saturated heterocycles. The molecule has 170 valence electrons. The molecule has 0 bridgehead atoms. The van der Waals surface area contributed by atoms with Crippen LogP contribution in [-0.2, 0) is 18.4 Å². The maximum absolute atomic E-state index is 13.5. The highest BCUT2D eigenvalue weighted by Gasteiger charge is 2.23. The van der Waals surface area contributed by atoms with E-state index in [9.17, 15) is 18.4 Å². The van der Waals surface area contributed by atoms with E-state index >= 15 is 0 Å². The number of nitrogens with one attached hydrogen (secondary N) is 1. The molecule has 0 aliphatic carbocycles.